The predicted molar refractivity (Wildman–Crippen MR) is 67.6 cm³/mol. The zero-order valence-electron chi connectivity index (χ0n) is 10.3. The zero-order valence-corrected chi connectivity index (χ0v) is 11.0. The summed E-state index contributed by atoms with van der Waals surface area (Å²) in [5.74, 6) is 2.14. The van der Waals surface area contributed by atoms with Gasteiger partial charge in [-0.05, 0) is 18.4 Å². The van der Waals surface area contributed by atoms with E-state index in [0.29, 0.717) is 5.92 Å². The van der Waals surface area contributed by atoms with Crippen molar-refractivity contribution in [1.29, 1.82) is 0 Å². The molecule has 1 aromatic rings. The highest BCUT2D eigenvalue weighted by atomic mass is 35.5. The van der Waals surface area contributed by atoms with Crippen LogP contribution in [-0.4, -0.2) is 14.2 Å². The summed E-state index contributed by atoms with van der Waals surface area (Å²) >= 11 is 6.36. The fraction of sp³-hybridized carbons (Fsp3) is 0.538. The minimum Gasteiger partial charge on any atom is -0.497 e. The van der Waals surface area contributed by atoms with Crippen molar-refractivity contribution in [2.75, 3.05) is 14.2 Å². The summed E-state index contributed by atoms with van der Waals surface area (Å²) in [6.45, 7) is 4.32. The third-order valence-corrected chi connectivity index (χ3v) is 2.87. The number of ether oxygens (including phenoxy) is 2. The number of rotatable bonds is 5. The lowest BCUT2D eigenvalue weighted by atomic mass is 10.0. The summed E-state index contributed by atoms with van der Waals surface area (Å²) in [4.78, 5) is 0. The van der Waals surface area contributed by atoms with Crippen LogP contribution in [0.25, 0.3) is 0 Å². The van der Waals surface area contributed by atoms with E-state index in [4.69, 9.17) is 21.1 Å². The van der Waals surface area contributed by atoms with E-state index < -0.39 is 0 Å². The van der Waals surface area contributed by atoms with Gasteiger partial charge in [0.2, 0.25) is 0 Å². The van der Waals surface area contributed by atoms with Gasteiger partial charge < -0.3 is 9.47 Å². The Morgan fingerprint density at radius 3 is 2.38 bits per heavy atom. The van der Waals surface area contributed by atoms with E-state index >= 15 is 0 Å². The Morgan fingerprint density at radius 2 is 1.88 bits per heavy atom. The Balaban J connectivity index is 2.94. The Labute approximate surface area is 103 Å². The van der Waals surface area contributed by atoms with Gasteiger partial charge >= 0.3 is 0 Å². The van der Waals surface area contributed by atoms with Crippen LogP contribution in [0.2, 0.25) is 0 Å². The van der Waals surface area contributed by atoms with Gasteiger partial charge in [-0.3, -0.25) is 0 Å². The number of halogens is 1. The van der Waals surface area contributed by atoms with E-state index in [1.807, 2.05) is 18.2 Å². The summed E-state index contributed by atoms with van der Waals surface area (Å²) in [6.07, 6.45) is 0.935. The second-order valence-corrected chi connectivity index (χ2v) is 4.73. The Hall–Kier alpha value is -0.890. The number of hydrogen-bond acceptors (Lipinski definition) is 2. The second-order valence-electron chi connectivity index (χ2n) is 4.20. The maximum absolute atomic E-state index is 6.36. The highest BCUT2D eigenvalue weighted by molar-refractivity contribution is 6.21. The van der Waals surface area contributed by atoms with Gasteiger partial charge in [0, 0.05) is 11.6 Å². The van der Waals surface area contributed by atoms with Gasteiger partial charge in [0.25, 0.3) is 0 Å². The number of hydrogen-bond donors (Lipinski definition) is 0. The first-order valence-corrected chi connectivity index (χ1v) is 5.88. The average molecular weight is 243 g/mol. The molecule has 1 atom stereocenters. The van der Waals surface area contributed by atoms with Gasteiger partial charge in [0.15, 0.2) is 0 Å². The van der Waals surface area contributed by atoms with Gasteiger partial charge in [-0.15, -0.1) is 11.6 Å². The molecule has 0 aliphatic rings. The average Bonchev–Trinajstić information content (AvgIpc) is 2.27. The van der Waals surface area contributed by atoms with Crippen molar-refractivity contribution in [1.82, 2.24) is 0 Å². The van der Waals surface area contributed by atoms with Gasteiger partial charge in [0.1, 0.15) is 11.5 Å². The lowest BCUT2D eigenvalue weighted by Gasteiger charge is -2.16. The lowest BCUT2D eigenvalue weighted by molar-refractivity contribution is 0.389. The summed E-state index contributed by atoms with van der Waals surface area (Å²) in [5, 5.41) is -0.0131. The van der Waals surface area contributed by atoms with Gasteiger partial charge in [-0.25, -0.2) is 0 Å². The molecule has 0 heterocycles. The van der Waals surface area contributed by atoms with E-state index in [0.717, 1.165) is 23.5 Å². The maximum Gasteiger partial charge on any atom is 0.127 e. The fourth-order valence-corrected chi connectivity index (χ4v) is 2.15. The minimum atomic E-state index is -0.0131. The molecule has 0 aromatic heterocycles. The van der Waals surface area contributed by atoms with Crippen LogP contribution in [0.15, 0.2) is 18.2 Å². The molecule has 1 rings (SSSR count). The standard InChI is InChI=1S/C13H19ClO2/c1-9(2)7-12(14)11-6-5-10(15-3)8-13(11)16-4/h5-6,8-9,12H,7H2,1-4H3. The van der Waals surface area contributed by atoms with Gasteiger partial charge in [-0.2, -0.15) is 0 Å². The molecule has 3 heteroatoms. The lowest BCUT2D eigenvalue weighted by Crippen LogP contribution is -2.00. The molecular weight excluding hydrogens is 224 g/mol. The summed E-state index contributed by atoms with van der Waals surface area (Å²) in [6, 6.07) is 5.75. The molecular formula is C13H19ClO2. The summed E-state index contributed by atoms with van der Waals surface area (Å²) in [5.41, 5.74) is 1.03. The largest absolute Gasteiger partial charge is 0.497 e. The third kappa shape index (κ3) is 3.31. The van der Waals surface area contributed by atoms with Crippen LogP contribution >= 0.6 is 11.6 Å². The minimum absolute atomic E-state index is 0.0131. The molecule has 0 amide bonds. The molecule has 16 heavy (non-hydrogen) atoms. The summed E-state index contributed by atoms with van der Waals surface area (Å²) < 4.78 is 10.5. The molecule has 0 spiro atoms. The Morgan fingerprint density at radius 1 is 1.19 bits per heavy atom. The summed E-state index contributed by atoms with van der Waals surface area (Å²) in [7, 11) is 3.29. The fourth-order valence-electron chi connectivity index (χ4n) is 1.62. The molecule has 0 radical (unpaired) electrons. The first-order valence-electron chi connectivity index (χ1n) is 5.44. The van der Waals surface area contributed by atoms with Crippen LogP contribution in [0, 0.1) is 5.92 Å². The molecule has 0 aliphatic carbocycles. The van der Waals surface area contributed by atoms with Crippen LogP contribution in [-0.2, 0) is 0 Å². The van der Waals surface area contributed by atoms with E-state index in [-0.39, 0.29) is 5.38 Å². The van der Waals surface area contributed by atoms with Crippen molar-refractivity contribution in [3.8, 4) is 11.5 Å². The van der Waals surface area contributed by atoms with Gasteiger partial charge in [-0.1, -0.05) is 19.9 Å². The van der Waals surface area contributed by atoms with Crippen LogP contribution in [0.3, 0.4) is 0 Å². The van der Waals surface area contributed by atoms with Crippen molar-refractivity contribution in [3.05, 3.63) is 23.8 Å². The topological polar surface area (TPSA) is 18.5 Å². The highest BCUT2D eigenvalue weighted by Gasteiger charge is 2.15. The molecule has 2 nitrogen and oxygen atoms in total. The number of methoxy groups -OCH3 is 2. The third-order valence-electron chi connectivity index (χ3n) is 2.46. The Kier molecular flexibility index (Phi) is 4.94. The molecule has 0 N–H and O–H groups in total. The van der Waals surface area contributed by atoms with E-state index in [9.17, 15) is 0 Å². The van der Waals surface area contributed by atoms with E-state index in [2.05, 4.69) is 13.8 Å². The van der Waals surface area contributed by atoms with Crippen molar-refractivity contribution in [2.45, 2.75) is 25.6 Å². The van der Waals surface area contributed by atoms with Crippen molar-refractivity contribution >= 4 is 11.6 Å². The van der Waals surface area contributed by atoms with E-state index in [1.165, 1.54) is 0 Å². The first kappa shape index (κ1) is 13.2. The van der Waals surface area contributed by atoms with Crippen LogP contribution in [0.4, 0.5) is 0 Å². The van der Waals surface area contributed by atoms with Crippen molar-refractivity contribution in [3.63, 3.8) is 0 Å². The Bertz CT molecular complexity index is 337. The predicted octanol–water partition coefficient (Wildman–Crippen LogP) is 4.03. The zero-order chi connectivity index (χ0) is 12.1. The van der Waals surface area contributed by atoms with Crippen LogP contribution in [0.1, 0.15) is 31.2 Å². The maximum atomic E-state index is 6.36. The van der Waals surface area contributed by atoms with Crippen LogP contribution < -0.4 is 9.47 Å². The van der Waals surface area contributed by atoms with Crippen molar-refractivity contribution < 1.29 is 9.47 Å². The quantitative estimate of drug-likeness (QED) is 0.726. The molecule has 0 saturated carbocycles. The smallest absolute Gasteiger partial charge is 0.127 e. The number of alkyl halides is 1. The first-order chi connectivity index (χ1) is 7.58. The molecule has 90 valence electrons. The molecule has 1 unspecified atom stereocenters. The molecule has 0 saturated heterocycles. The number of benzene rings is 1. The van der Waals surface area contributed by atoms with Crippen LogP contribution in [0.5, 0.6) is 11.5 Å². The SMILES string of the molecule is COc1ccc(C(Cl)CC(C)C)c(OC)c1. The second kappa shape index (κ2) is 6.00. The normalized spacial score (nSPS) is 12.6. The van der Waals surface area contributed by atoms with Crippen molar-refractivity contribution in [2.24, 2.45) is 5.92 Å². The molecule has 0 bridgehead atoms. The molecule has 0 fully saturated rings. The monoisotopic (exact) mass is 242 g/mol. The molecule has 0 aliphatic heterocycles. The van der Waals surface area contributed by atoms with E-state index in [1.54, 1.807) is 14.2 Å². The van der Waals surface area contributed by atoms with Gasteiger partial charge in [0.05, 0.1) is 19.6 Å². The molecule has 1 aromatic carbocycles. The highest BCUT2D eigenvalue weighted by Crippen LogP contribution is 2.36.